The predicted molar refractivity (Wildman–Crippen MR) is 83.6 cm³/mol. The lowest BCUT2D eigenvalue weighted by Gasteiger charge is -2.21. The van der Waals surface area contributed by atoms with E-state index in [1.165, 1.54) is 0 Å². The van der Waals surface area contributed by atoms with Crippen molar-refractivity contribution in [2.75, 3.05) is 18.9 Å². The second kappa shape index (κ2) is 6.03. The summed E-state index contributed by atoms with van der Waals surface area (Å²) in [4.78, 5) is 11.5. The van der Waals surface area contributed by atoms with E-state index in [1.807, 2.05) is 0 Å². The molecule has 21 heavy (non-hydrogen) atoms. The number of aryl methyl sites for hydroxylation is 2. The SMILES string of the molecule is CNc1cc(C)c(S(=O)(=O)NCC(C)(C)C(N)=O)c(C)c1. The molecule has 0 fully saturated rings. The quantitative estimate of drug-likeness (QED) is 0.733. The molecule has 4 N–H and O–H groups in total. The maximum atomic E-state index is 12.5. The van der Waals surface area contributed by atoms with Crippen molar-refractivity contribution < 1.29 is 13.2 Å². The zero-order valence-corrected chi connectivity index (χ0v) is 13.9. The van der Waals surface area contributed by atoms with Crippen LogP contribution in [0.3, 0.4) is 0 Å². The monoisotopic (exact) mass is 313 g/mol. The topological polar surface area (TPSA) is 101 Å². The molecule has 6 nitrogen and oxygen atoms in total. The third-order valence-electron chi connectivity index (χ3n) is 3.39. The summed E-state index contributed by atoms with van der Waals surface area (Å²) in [6.45, 7) is 6.63. The molecule has 0 bridgehead atoms. The molecule has 0 atom stereocenters. The van der Waals surface area contributed by atoms with Crippen LogP contribution in [0.1, 0.15) is 25.0 Å². The van der Waals surface area contributed by atoms with E-state index in [0.717, 1.165) is 5.69 Å². The number of benzene rings is 1. The summed E-state index contributed by atoms with van der Waals surface area (Å²) in [6.07, 6.45) is 0. The first kappa shape index (κ1) is 17.5. The van der Waals surface area contributed by atoms with Crippen molar-refractivity contribution >= 4 is 21.6 Å². The molecule has 0 aromatic heterocycles. The fraction of sp³-hybridized carbons (Fsp3) is 0.500. The van der Waals surface area contributed by atoms with Crippen LogP contribution in [-0.2, 0) is 14.8 Å². The van der Waals surface area contributed by atoms with E-state index < -0.39 is 21.3 Å². The first-order valence-corrected chi connectivity index (χ1v) is 8.08. The summed E-state index contributed by atoms with van der Waals surface area (Å²) < 4.78 is 27.4. The van der Waals surface area contributed by atoms with Crippen LogP contribution in [0.2, 0.25) is 0 Å². The number of sulfonamides is 1. The minimum Gasteiger partial charge on any atom is -0.388 e. The maximum absolute atomic E-state index is 12.5. The maximum Gasteiger partial charge on any atom is 0.241 e. The molecule has 1 aromatic carbocycles. The van der Waals surface area contributed by atoms with E-state index in [-0.39, 0.29) is 11.4 Å². The van der Waals surface area contributed by atoms with Gasteiger partial charge in [0.25, 0.3) is 0 Å². The van der Waals surface area contributed by atoms with Crippen LogP contribution >= 0.6 is 0 Å². The van der Waals surface area contributed by atoms with Gasteiger partial charge in [-0.3, -0.25) is 4.79 Å². The number of rotatable bonds is 6. The van der Waals surface area contributed by atoms with Crippen LogP contribution < -0.4 is 15.8 Å². The van der Waals surface area contributed by atoms with E-state index in [9.17, 15) is 13.2 Å². The van der Waals surface area contributed by atoms with Gasteiger partial charge in [0, 0.05) is 19.3 Å². The molecule has 0 heterocycles. The highest BCUT2D eigenvalue weighted by atomic mass is 32.2. The number of nitrogens with two attached hydrogens (primary N) is 1. The van der Waals surface area contributed by atoms with Gasteiger partial charge >= 0.3 is 0 Å². The summed E-state index contributed by atoms with van der Waals surface area (Å²) in [7, 11) is -1.93. The van der Waals surface area contributed by atoms with Gasteiger partial charge < -0.3 is 11.1 Å². The molecular formula is C14H23N3O3S. The van der Waals surface area contributed by atoms with Crippen molar-refractivity contribution in [3.8, 4) is 0 Å². The number of hydrogen-bond donors (Lipinski definition) is 3. The Hall–Kier alpha value is -1.60. The number of amides is 1. The van der Waals surface area contributed by atoms with Gasteiger partial charge in [0.05, 0.1) is 10.3 Å². The van der Waals surface area contributed by atoms with E-state index in [4.69, 9.17) is 5.73 Å². The Kier molecular flexibility index (Phi) is 5.01. The molecule has 0 unspecified atom stereocenters. The van der Waals surface area contributed by atoms with Crippen LogP contribution in [0.25, 0.3) is 0 Å². The first-order valence-electron chi connectivity index (χ1n) is 6.60. The normalized spacial score (nSPS) is 12.2. The minimum atomic E-state index is -3.70. The van der Waals surface area contributed by atoms with E-state index in [0.29, 0.717) is 11.1 Å². The molecule has 7 heteroatoms. The number of hydrogen-bond acceptors (Lipinski definition) is 4. The fourth-order valence-corrected chi connectivity index (χ4v) is 3.61. The summed E-state index contributed by atoms with van der Waals surface area (Å²) in [6, 6.07) is 3.53. The summed E-state index contributed by atoms with van der Waals surface area (Å²) in [5.41, 5.74) is 6.44. The van der Waals surface area contributed by atoms with Crippen LogP contribution in [0.15, 0.2) is 17.0 Å². The number of carbonyl (C=O) groups is 1. The molecule has 1 amide bonds. The molecule has 0 saturated heterocycles. The predicted octanol–water partition coefficient (Wildman–Crippen LogP) is 1.13. The molecule has 1 rings (SSSR count). The Morgan fingerprint density at radius 3 is 2.10 bits per heavy atom. The molecular weight excluding hydrogens is 290 g/mol. The van der Waals surface area contributed by atoms with Crippen LogP contribution in [-0.4, -0.2) is 27.9 Å². The second-order valence-corrected chi connectivity index (χ2v) is 7.47. The molecule has 0 saturated carbocycles. The average molecular weight is 313 g/mol. The van der Waals surface area contributed by atoms with Gasteiger partial charge in [0.2, 0.25) is 15.9 Å². The lowest BCUT2D eigenvalue weighted by molar-refractivity contribution is -0.125. The lowest BCUT2D eigenvalue weighted by Crippen LogP contribution is -2.42. The highest BCUT2D eigenvalue weighted by Crippen LogP contribution is 2.25. The third-order valence-corrected chi connectivity index (χ3v) is 5.09. The smallest absolute Gasteiger partial charge is 0.241 e. The second-order valence-electron chi connectivity index (χ2n) is 5.76. The van der Waals surface area contributed by atoms with E-state index >= 15 is 0 Å². The van der Waals surface area contributed by atoms with Gasteiger partial charge in [-0.25, -0.2) is 13.1 Å². The molecule has 0 spiro atoms. The van der Waals surface area contributed by atoms with Gasteiger partial charge in [0.15, 0.2) is 0 Å². The van der Waals surface area contributed by atoms with Gasteiger partial charge in [0.1, 0.15) is 0 Å². The Morgan fingerprint density at radius 1 is 1.24 bits per heavy atom. The molecule has 118 valence electrons. The van der Waals surface area contributed by atoms with Gasteiger partial charge in [-0.05, 0) is 51.0 Å². The minimum absolute atomic E-state index is 0.0443. The van der Waals surface area contributed by atoms with E-state index in [2.05, 4.69) is 10.0 Å². The first-order chi connectivity index (χ1) is 9.51. The number of nitrogens with one attached hydrogen (secondary N) is 2. The number of primary amides is 1. The molecule has 0 radical (unpaired) electrons. The highest BCUT2D eigenvalue weighted by Gasteiger charge is 2.28. The van der Waals surface area contributed by atoms with Crippen molar-refractivity contribution in [2.45, 2.75) is 32.6 Å². The highest BCUT2D eigenvalue weighted by molar-refractivity contribution is 7.89. The Balaban J connectivity index is 3.13. The lowest BCUT2D eigenvalue weighted by atomic mass is 9.93. The third kappa shape index (κ3) is 3.95. The Bertz CT molecular complexity index is 628. The summed E-state index contributed by atoms with van der Waals surface area (Å²) in [5, 5.41) is 2.98. The van der Waals surface area contributed by atoms with Crippen LogP contribution in [0.5, 0.6) is 0 Å². The standard InChI is InChI=1S/C14H23N3O3S/c1-9-6-11(16-5)7-10(2)12(9)21(19,20)17-8-14(3,4)13(15)18/h6-7,16-17H,8H2,1-5H3,(H2,15,18). The van der Waals surface area contributed by atoms with E-state index in [1.54, 1.807) is 46.9 Å². The zero-order chi connectivity index (χ0) is 16.4. The van der Waals surface area contributed by atoms with Gasteiger partial charge in [-0.2, -0.15) is 0 Å². The Labute approximate surface area is 126 Å². The van der Waals surface area contributed by atoms with Crippen molar-refractivity contribution in [1.82, 2.24) is 4.72 Å². The van der Waals surface area contributed by atoms with Crippen molar-refractivity contribution in [3.05, 3.63) is 23.3 Å². The number of anilines is 1. The van der Waals surface area contributed by atoms with Crippen molar-refractivity contribution in [3.63, 3.8) is 0 Å². The van der Waals surface area contributed by atoms with Crippen LogP contribution in [0, 0.1) is 19.3 Å². The van der Waals surface area contributed by atoms with Gasteiger partial charge in [-0.1, -0.05) is 0 Å². The van der Waals surface area contributed by atoms with Crippen molar-refractivity contribution in [1.29, 1.82) is 0 Å². The molecule has 1 aromatic rings. The Morgan fingerprint density at radius 2 is 1.71 bits per heavy atom. The summed E-state index contributed by atoms with van der Waals surface area (Å²) >= 11 is 0. The molecule has 0 aliphatic rings. The fourth-order valence-electron chi connectivity index (χ4n) is 1.95. The average Bonchev–Trinajstić information content (AvgIpc) is 2.35. The molecule has 0 aliphatic carbocycles. The largest absolute Gasteiger partial charge is 0.388 e. The number of carbonyl (C=O) groups excluding carboxylic acids is 1. The molecule has 0 aliphatic heterocycles. The van der Waals surface area contributed by atoms with Gasteiger partial charge in [-0.15, -0.1) is 0 Å². The van der Waals surface area contributed by atoms with Crippen molar-refractivity contribution in [2.24, 2.45) is 11.1 Å². The summed E-state index contributed by atoms with van der Waals surface area (Å²) in [5.74, 6) is -0.552. The van der Waals surface area contributed by atoms with Crippen LogP contribution in [0.4, 0.5) is 5.69 Å². The zero-order valence-electron chi connectivity index (χ0n) is 13.1.